The molecule has 0 aliphatic heterocycles. The van der Waals surface area contributed by atoms with Crippen LogP contribution in [0.15, 0.2) is 48.5 Å². The van der Waals surface area contributed by atoms with E-state index in [1.165, 1.54) is 11.0 Å². The number of nitrogens with zero attached hydrogens (tertiary/aromatic N) is 2. The molecule has 0 radical (unpaired) electrons. The fourth-order valence-corrected chi connectivity index (χ4v) is 5.21. The predicted octanol–water partition coefficient (Wildman–Crippen LogP) is 3.59. The van der Waals surface area contributed by atoms with Crippen molar-refractivity contribution >= 4 is 39.1 Å². The monoisotopic (exact) mass is 521 g/mol. The van der Waals surface area contributed by atoms with E-state index in [0.717, 1.165) is 41.8 Å². The third kappa shape index (κ3) is 7.35. The molecule has 1 aliphatic rings. The lowest BCUT2D eigenvalue weighted by Gasteiger charge is -2.32. The molecule has 2 aromatic carbocycles. The number of hydrogen-bond donors (Lipinski definition) is 1. The van der Waals surface area contributed by atoms with Crippen LogP contribution in [0.5, 0.6) is 5.75 Å². The van der Waals surface area contributed by atoms with Crippen molar-refractivity contribution in [2.45, 2.75) is 51.2 Å². The Morgan fingerprint density at radius 1 is 1.14 bits per heavy atom. The Balaban J connectivity index is 1.89. The van der Waals surface area contributed by atoms with E-state index in [1.54, 1.807) is 50.4 Å². The van der Waals surface area contributed by atoms with Crippen molar-refractivity contribution < 1.29 is 22.7 Å². The summed E-state index contributed by atoms with van der Waals surface area (Å²) in [6, 6.07) is 12.8. The summed E-state index contributed by atoms with van der Waals surface area (Å²) in [5.74, 6) is -0.149. The molecular weight excluding hydrogens is 490 g/mol. The summed E-state index contributed by atoms with van der Waals surface area (Å²) in [5.41, 5.74) is 1.03. The molecule has 0 unspecified atom stereocenters. The smallest absolute Gasteiger partial charge is 0.244 e. The van der Waals surface area contributed by atoms with Crippen LogP contribution in [-0.2, 0) is 26.2 Å². The second-order valence-corrected chi connectivity index (χ2v) is 11.1. The van der Waals surface area contributed by atoms with Gasteiger partial charge in [-0.2, -0.15) is 0 Å². The highest BCUT2D eigenvalue weighted by Crippen LogP contribution is 2.23. The van der Waals surface area contributed by atoms with E-state index in [2.05, 4.69) is 5.32 Å². The molecule has 2 aromatic rings. The molecule has 3 rings (SSSR count). The molecule has 1 N–H and O–H groups in total. The van der Waals surface area contributed by atoms with Crippen molar-refractivity contribution in [3.63, 3.8) is 0 Å². The van der Waals surface area contributed by atoms with Crippen molar-refractivity contribution in [2.75, 3.05) is 24.2 Å². The van der Waals surface area contributed by atoms with Crippen molar-refractivity contribution in [1.29, 1.82) is 0 Å². The molecule has 0 spiro atoms. The highest BCUT2D eigenvalue weighted by Gasteiger charge is 2.31. The number of benzene rings is 2. The van der Waals surface area contributed by atoms with Crippen molar-refractivity contribution in [3.05, 3.63) is 59.1 Å². The highest BCUT2D eigenvalue weighted by molar-refractivity contribution is 7.92. The van der Waals surface area contributed by atoms with Gasteiger partial charge in [0.05, 0.1) is 19.1 Å². The van der Waals surface area contributed by atoms with E-state index in [0.29, 0.717) is 10.8 Å². The Labute approximate surface area is 212 Å². The third-order valence-electron chi connectivity index (χ3n) is 6.13. The zero-order valence-corrected chi connectivity index (χ0v) is 21.8. The van der Waals surface area contributed by atoms with Crippen molar-refractivity contribution in [2.24, 2.45) is 0 Å². The van der Waals surface area contributed by atoms with Crippen molar-refractivity contribution in [3.8, 4) is 5.75 Å². The van der Waals surface area contributed by atoms with Gasteiger partial charge in [-0.25, -0.2) is 8.42 Å². The zero-order valence-electron chi connectivity index (χ0n) is 20.2. The van der Waals surface area contributed by atoms with Crippen LogP contribution in [0.1, 0.15) is 38.2 Å². The summed E-state index contributed by atoms with van der Waals surface area (Å²) in [5, 5.41) is 3.39. The molecule has 8 nitrogen and oxygen atoms in total. The Bertz CT molecular complexity index is 1150. The predicted molar refractivity (Wildman–Crippen MR) is 137 cm³/mol. The largest absolute Gasteiger partial charge is 0.497 e. The summed E-state index contributed by atoms with van der Waals surface area (Å²) in [6.07, 6.45) is 4.99. The van der Waals surface area contributed by atoms with Crippen LogP contribution < -0.4 is 14.4 Å². The minimum absolute atomic E-state index is 0.0951. The van der Waals surface area contributed by atoms with E-state index in [9.17, 15) is 18.0 Å². The Morgan fingerprint density at radius 3 is 2.46 bits per heavy atom. The average Bonchev–Trinajstić information content (AvgIpc) is 3.32. The first-order chi connectivity index (χ1) is 16.6. The van der Waals surface area contributed by atoms with E-state index in [4.69, 9.17) is 16.3 Å². The number of halogens is 1. The van der Waals surface area contributed by atoms with Crippen LogP contribution in [0.2, 0.25) is 5.02 Å². The molecule has 1 atom stereocenters. The topological polar surface area (TPSA) is 96.0 Å². The maximum atomic E-state index is 13.6. The van der Waals surface area contributed by atoms with Crippen LogP contribution in [0.4, 0.5) is 5.69 Å². The molecule has 1 aliphatic carbocycles. The van der Waals surface area contributed by atoms with Crippen LogP contribution in [0.3, 0.4) is 0 Å². The highest BCUT2D eigenvalue weighted by atomic mass is 35.5. The second kappa shape index (κ2) is 11.8. The number of carbonyl (C=O) groups excluding carboxylic acids is 2. The number of amides is 2. The number of anilines is 1. The van der Waals surface area contributed by atoms with Gasteiger partial charge in [0, 0.05) is 17.6 Å². The lowest BCUT2D eigenvalue weighted by molar-refractivity contribution is -0.139. The lowest BCUT2D eigenvalue weighted by Crippen LogP contribution is -2.52. The summed E-state index contributed by atoms with van der Waals surface area (Å²) in [4.78, 5) is 28.1. The molecule has 10 heteroatoms. The zero-order chi connectivity index (χ0) is 25.6. The van der Waals surface area contributed by atoms with Gasteiger partial charge in [0.15, 0.2) is 0 Å². The lowest BCUT2D eigenvalue weighted by atomic mass is 10.1. The van der Waals surface area contributed by atoms with Crippen molar-refractivity contribution in [1.82, 2.24) is 10.2 Å². The van der Waals surface area contributed by atoms with E-state index in [-0.39, 0.29) is 24.2 Å². The summed E-state index contributed by atoms with van der Waals surface area (Å²) >= 11 is 6.07. The molecule has 35 heavy (non-hydrogen) atoms. The van der Waals surface area contributed by atoms with Gasteiger partial charge in [-0.05, 0) is 55.7 Å². The molecular formula is C25H32ClN3O5S. The van der Waals surface area contributed by atoms with Gasteiger partial charge in [-0.15, -0.1) is 0 Å². The quantitative estimate of drug-likeness (QED) is 0.515. The summed E-state index contributed by atoms with van der Waals surface area (Å²) < 4.78 is 31.5. The van der Waals surface area contributed by atoms with Gasteiger partial charge in [-0.1, -0.05) is 42.6 Å². The van der Waals surface area contributed by atoms with Crippen LogP contribution in [-0.4, -0.2) is 57.1 Å². The normalized spacial score (nSPS) is 14.9. The minimum atomic E-state index is -3.80. The summed E-state index contributed by atoms with van der Waals surface area (Å²) in [7, 11) is -2.25. The Morgan fingerprint density at radius 2 is 1.83 bits per heavy atom. The molecule has 0 bridgehead atoms. The summed E-state index contributed by atoms with van der Waals surface area (Å²) in [6.45, 7) is 1.30. The van der Waals surface area contributed by atoms with E-state index < -0.39 is 28.5 Å². The van der Waals surface area contributed by atoms with Gasteiger partial charge >= 0.3 is 0 Å². The number of ether oxygens (including phenoxy) is 1. The van der Waals surface area contributed by atoms with E-state index in [1.807, 2.05) is 6.07 Å². The molecule has 2 amide bonds. The molecule has 0 aromatic heterocycles. The first-order valence-corrected chi connectivity index (χ1v) is 13.8. The van der Waals surface area contributed by atoms with Gasteiger partial charge < -0.3 is 15.0 Å². The first kappa shape index (κ1) is 26.8. The van der Waals surface area contributed by atoms with Crippen LogP contribution in [0.25, 0.3) is 0 Å². The average molecular weight is 522 g/mol. The molecule has 0 saturated heterocycles. The fraction of sp³-hybridized carbons (Fsp3) is 0.440. The molecule has 1 fully saturated rings. The SMILES string of the molecule is COc1cccc(CN(C(=O)CN(c2cccc(Cl)c2)S(C)(=O)=O)[C@@H](C)C(=O)NC2CCCC2)c1. The third-order valence-corrected chi connectivity index (χ3v) is 7.51. The van der Waals surface area contributed by atoms with Crippen LogP contribution >= 0.6 is 11.6 Å². The first-order valence-electron chi connectivity index (χ1n) is 11.5. The number of hydrogen-bond acceptors (Lipinski definition) is 5. The van der Waals surface area contributed by atoms with Crippen LogP contribution in [0, 0.1) is 0 Å². The van der Waals surface area contributed by atoms with Gasteiger partial charge in [0.2, 0.25) is 21.8 Å². The van der Waals surface area contributed by atoms with Gasteiger partial charge in [0.25, 0.3) is 0 Å². The standard InChI is InChI=1S/C25H32ClN3O5S/c1-18(25(31)27-21-10-4-5-11-21)28(16-19-8-6-13-23(14-19)34-2)24(30)17-29(35(3,32)33)22-12-7-9-20(26)15-22/h6-9,12-15,18,21H,4-5,10-11,16-17H2,1-3H3,(H,27,31)/t18-/m0/s1. The van der Waals surface area contributed by atoms with Gasteiger partial charge in [-0.3, -0.25) is 13.9 Å². The Kier molecular flexibility index (Phi) is 9.02. The molecule has 0 heterocycles. The fourth-order valence-electron chi connectivity index (χ4n) is 4.19. The number of sulfonamides is 1. The molecule has 1 saturated carbocycles. The number of rotatable bonds is 10. The van der Waals surface area contributed by atoms with Gasteiger partial charge in [0.1, 0.15) is 18.3 Å². The number of methoxy groups -OCH3 is 1. The minimum Gasteiger partial charge on any atom is -0.497 e. The maximum absolute atomic E-state index is 13.6. The maximum Gasteiger partial charge on any atom is 0.244 e. The Hall–Kier alpha value is -2.78. The number of nitrogens with one attached hydrogen (secondary N) is 1. The van der Waals surface area contributed by atoms with E-state index >= 15 is 0 Å². The molecule has 190 valence electrons. The second-order valence-electron chi connectivity index (χ2n) is 8.79. The number of carbonyl (C=O) groups is 2.